The van der Waals surface area contributed by atoms with Crippen LogP contribution in [0.2, 0.25) is 0 Å². The Labute approximate surface area is 68.6 Å². The van der Waals surface area contributed by atoms with Crippen LogP contribution in [0, 0.1) is 0 Å². The predicted octanol–water partition coefficient (Wildman–Crippen LogP) is 0.288. The number of H-pyrrole nitrogens is 1. The number of nitrogens with zero attached hydrogens (tertiary/aromatic N) is 2. The monoisotopic (exact) mass is 164 g/mol. The largest absolute Gasteiger partial charge is 0.364 e. The Kier molecular flexibility index (Phi) is 1.43. The molecule has 0 saturated heterocycles. The van der Waals surface area contributed by atoms with Crippen molar-refractivity contribution in [2.45, 2.75) is 6.92 Å². The third-order valence-corrected chi connectivity index (χ3v) is 1.62. The van der Waals surface area contributed by atoms with Crippen molar-refractivity contribution >= 4 is 17.2 Å². The van der Waals surface area contributed by atoms with E-state index in [-0.39, 0.29) is 5.69 Å². The molecule has 1 aliphatic rings. The van der Waals surface area contributed by atoms with Crippen molar-refractivity contribution in [2.75, 3.05) is 11.9 Å². The number of aliphatic imine (C=N–C) groups is 1. The minimum atomic E-state index is -0.351. The summed E-state index contributed by atoms with van der Waals surface area (Å²) in [7, 11) is 0. The van der Waals surface area contributed by atoms with Crippen molar-refractivity contribution < 1.29 is 0 Å². The number of aromatic amines is 1. The van der Waals surface area contributed by atoms with E-state index in [9.17, 15) is 4.79 Å². The lowest BCUT2D eigenvalue weighted by Gasteiger charge is -2.13. The van der Waals surface area contributed by atoms with Crippen LogP contribution < -0.4 is 11.0 Å². The molecule has 5 heteroatoms. The minimum absolute atomic E-state index is 0.351. The number of nitrogens with one attached hydrogen (secondary N) is 2. The van der Waals surface area contributed by atoms with Crippen molar-refractivity contribution in [1.82, 2.24) is 9.97 Å². The maximum Gasteiger partial charge on any atom is 0.346 e. The van der Waals surface area contributed by atoms with E-state index < -0.39 is 0 Å². The van der Waals surface area contributed by atoms with E-state index >= 15 is 0 Å². The Balaban J connectivity index is 2.58. The number of fused-ring (bicyclic) bond motifs is 1. The standard InChI is InChI=1S/C7H8N4O/c1-4-2-8-6-5(10-4)3-9-7(12)11-6/h3H,2H2,1H3,(H2,8,9,11,12). The Hall–Kier alpha value is -1.65. The van der Waals surface area contributed by atoms with Crippen LogP contribution in [-0.2, 0) is 0 Å². The maximum atomic E-state index is 10.8. The van der Waals surface area contributed by atoms with Gasteiger partial charge in [-0.25, -0.2) is 4.79 Å². The SMILES string of the molecule is CC1=Nc2cnc(=O)[nH]c2NC1. The van der Waals surface area contributed by atoms with Gasteiger partial charge in [-0.15, -0.1) is 0 Å². The van der Waals surface area contributed by atoms with Gasteiger partial charge in [-0.1, -0.05) is 0 Å². The van der Waals surface area contributed by atoms with Crippen LogP contribution in [0.1, 0.15) is 6.92 Å². The van der Waals surface area contributed by atoms with E-state index in [1.165, 1.54) is 6.20 Å². The van der Waals surface area contributed by atoms with Gasteiger partial charge in [0.05, 0.1) is 12.7 Å². The number of rotatable bonds is 0. The second-order valence-corrected chi connectivity index (χ2v) is 2.65. The highest BCUT2D eigenvalue weighted by Crippen LogP contribution is 2.21. The summed E-state index contributed by atoms with van der Waals surface area (Å²) in [5, 5.41) is 3.03. The lowest BCUT2D eigenvalue weighted by molar-refractivity contribution is 1.05. The van der Waals surface area contributed by atoms with Crippen LogP contribution in [-0.4, -0.2) is 22.2 Å². The van der Waals surface area contributed by atoms with Crippen LogP contribution >= 0.6 is 0 Å². The summed E-state index contributed by atoms with van der Waals surface area (Å²) in [5.41, 5.74) is 1.32. The normalized spacial score (nSPS) is 14.6. The third-order valence-electron chi connectivity index (χ3n) is 1.62. The Bertz CT molecular complexity index is 393. The van der Waals surface area contributed by atoms with E-state index in [1.54, 1.807) is 0 Å². The van der Waals surface area contributed by atoms with Crippen LogP contribution in [0.5, 0.6) is 0 Å². The van der Waals surface area contributed by atoms with Gasteiger partial charge in [-0.2, -0.15) is 4.98 Å². The van der Waals surface area contributed by atoms with Gasteiger partial charge in [-0.3, -0.25) is 9.98 Å². The first-order valence-corrected chi connectivity index (χ1v) is 3.63. The second kappa shape index (κ2) is 2.44. The molecule has 0 fully saturated rings. The fraction of sp³-hybridized carbons (Fsp3) is 0.286. The van der Waals surface area contributed by atoms with Gasteiger partial charge in [-0.05, 0) is 6.92 Å². The molecule has 2 heterocycles. The van der Waals surface area contributed by atoms with Crippen molar-refractivity contribution in [2.24, 2.45) is 4.99 Å². The summed E-state index contributed by atoms with van der Waals surface area (Å²) in [6.07, 6.45) is 1.46. The minimum Gasteiger partial charge on any atom is -0.364 e. The summed E-state index contributed by atoms with van der Waals surface area (Å²) >= 11 is 0. The van der Waals surface area contributed by atoms with Crippen LogP contribution in [0.15, 0.2) is 16.0 Å². The van der Waals surface area contributed by atoms with Gasteiger partial charge in [0, 0.05) is 5.71 Å². The van der Waals surface area contributed by atoms with Gasteiger partial charge in [0.1, 0.15) is 11.5 Å². The van der Waals surface area contributed by atoms with Gasteiger partial charge in [0.25, 0.3) is 0 Å². The number of aromatic nitrogens is 2. The van der Waals surface area contributed by atoms with Crippen molar-refractivity contribution in [3.63, 3.8) is 0 Å². The highest BCUT2D eigenvalue weighted by molar-refractivity contribution is 5.92. The average molecular weight is 164 g/mol. The second-order valence-electron chi connectivity index (χ2n) is 2.65. The maximum absolute atomic E-state index is 10.8. The van der Waals surface area contributed by atoms with Crippen LogP contribution in [0.25, 0.3) is 0 Å². The molecule has 0 aliphatic carbocycles. The molecule has 0 atom stereocenters. The van der Waals surface area contributed by atoms with Crippen LogP contribution in [0.3, 0.4) is 0 Å². The fourth-order valence-corrected chi connectivity index (χ4v) is 1.07. The quantitative estimate of drug-likeness (QED) is 0.579. The predicted molar refractivity (Wildman–Crippen MR) is 46.1 cm³/mol. The van der Waals surface area contributed by atoms with Gasteiger partial charge < -0.3 is 5.32 Å². The van der Waals surface area contributed by atoms with Crippen molar-refractivity contribution in [3.05, 3.63) is 16.7 Å². The summed E-state index contributed by atoms with van der Waals surface area (Å²) < 4.78 is 0. The molecule has 0 radical (unpaired) electrons. The first-order chi connectivity index (χ1) is 5.75. The van der Waals surface area contributed by atoms with E-state index in [1.807, 2.05) is 6.92 Å². The fourth-order valence-electron chi connectivity index (χ4n) is 1.07. The van der Waals surface area contributed by atoms with E-state index in [0.29, 0.717) is 18.1 Å². The molecule has 5 nitrogen and oxygen atoms in total. The summed E-state index contributed by atoms with van der Waals surface area (Å²) in [5.74, 6) is 0.653. The van der Waals surface area contributed by atoms with Gasteiger partial charge in [0.15, 0.2) is 0 Å². The molecule has 12 heavy (non-hydrogen) atoms. The molecule has 2 N–H and O–H groups in total. The van der Waals surface area contributed by atoms with E-state index in [4.69, 9.17) is 0 Å². The highest BCUT2D eigenvalue weighted by atomic mass is 16.1. The molecular formula is C7H8N4O. The zero-order valence-electron chi connectivity index (χ0n) is 6.59. The summed E-state index contributed by atoms with van der Waals surface area (Å²) in [6, 6.07) is 0. The lowest BCUT2D eigenvalue weighted by Crippen LogP contribution is -2.20. The highest BCUT2D eigenvalue weighted by Gasteiger charge is 2.08. The van der Waals surface area contributed by atoms with Gasteiger partial charge in [0.2, 0.25) is 0 Å². The number of hydrogen-bond acceptors (Lipinski definition) is 4. The van der Waals surface area contributed by atoms with E-state index in [0.717, 1.165) is 5.71 Å². The first-order valence-electron chi connectivity index (χ1n) is 3.63. The Morgan fingerprint density at radius 3 is 3.25 bits per heavy atom. The third kappa shape index (κ3) is 1.09. The molecule has 1 aromatic heterocycles. The number of hydrogen-bond donors (Lipinski definition) is 2. The summed E-state index contributed by atoms with van der Waals surface area (Å²) in [6.45, 7) is 2.59. The molecule has 1 aromatic rings. The smallest absolute Gasteiger partial charge is 0.346 e. The summed E-state index contributed by atoms with van der Waals surface area (Å²) in [4.78, 5) is 21.1. The van der Waals surface area contributed by atoms with Crippen molar-refractivity contribution in [3.8, 4) is 0 Å². The Morgan fingerprint density at radius 2 is 2.42 bits per heavy atom. The number of anilines is 1. The van der Waals surface area contributed by atoms with Gasteiger partial charge >= 0.3 is 5.69 Å². The molecule has 0 saturated carbocycles. The average Bonchev–Trinajstić information content (AvgIpc) is 2.05. The zero-order valence-corrected chi connectivity index (χ0v) is 6.59. The first kappa shape index (κ1) is 7.02. The molecule has 0 bridgehead atoms. The van der Waals surface area contributed by atoms with Crippen LogP contribution in [0.4, 0.5) is 11.5 Å². The molecule has 2 rings (SSSR count). The molecular weight excluding hydrogens is 156 g/mol. The van der Waals surface area contributed by atoms with E-state index in [2.05, 4.69) is 20.3 Å². The zero-order chi connectivity index (χ0) is 8.55. The molecule has 0 unspecified atom stereocenters. The Morgan fingerprint density at radius 1 is 1.58 bits per heavy atom. The molecule has 0 spiro atoms. The molecule has 0 aromatic carbocycles. The van der Waals surface area contributed by atoms with Crippen molar-refractivity contribution in [1.29, 1.82) is 0 Å². The molecule has 1 aliphatic heterocycles. The topological polar surface area (TPSA) is 70.1 Å². The lowest BCUT2D eigenvalue weighted by atomic mass is 10.3. The molecule has 62 valence electrons. The molecule has 0 amide bonds.